The number of anilines is 1. The largest absolute Gasteiger partial charge is 0.357 e. The summed E-state index contributed by atoms with van der Waals surface area (Å²) < 4.78 is 0.842. The van der Waals surface area contributed by atoms with Crippen LogP contribution in [0.3, 0.4) is 0 Å². The summed E-state index contributed by atoms with van der Waals surface area (Å²) in [5.74, 6) is 0.151. The lowest BCUT2D eigenvalue weighted by Gasteiger charge is -2.11. The van der Waals surface area contributed by atoms with Crippen LogP contribution in [0.1, 0.15) is 41.3 Å². The van der Waals surface area contributed by atoms with Gasteiger partial charge in [-0.05, 0) is 45.2 Å². The molecule has 1 saturated carbocycles. The Kier molecular flexibility index (Phi) is 4.49. The molecule has 1 aromatic carbocycles. The summed E-state index contributed by atoms with van der Waals surface area (Å²) in [5.41, 5.74) is 2.94. The van der Waals surface area contributed by atoms with E-state index in [9.17, 15) is 4.79 Å². The van der Waals surface area contributed by atoms with Gasteiger partial charge in [-0.25, -0.2) is 0 Å². The van der Waals surface area contributed by atoms with Crippen LogP contribution in [0.15, 0.2) is 22.5 Å². The van der Waals surface area contributed by atoms with Gasteiger partial charge in [0.15, 0.2) is 10.1 Å². The molecular weight excluding hydrogens is 314 g/mol. The Morgan fingerprint density at radius 2 is 2.14 bits per heavy atom. The molecule has 3 rings (SSSR count). The monoisotopic (exact) mass is 333 g/mol. The van der Waals surface area contributed by atoms with E-state index in [0.29, 0.717) is 6.04 Å². The first-order chi connectivity index (χ1) is 10.5. The van der Waals surface area contributed by atoms with E-state index in [1.165, 1.54) is 35.9 Å². The fourth-order valence-corrected chi connectivity index (χ4v) is 4.18. The number of nitrogens with one attached hydrogen (secondary N) is 1. The maximum Gasteiger partial charge on any atom is 0.206 e. The van der Waals surface area contributed by atoms with Gasteiger partial charge in [0.2, 0.25) is 5.13 Å². The highest BCUT2D eigenvalue weighted by Crippen LogP contribution is 2.33. The Morgan fingerprint density at radius 3 is 2.86 bits per heavy atom. The third-order valence-electron chi connectivity index (χ3n) is 3.62. The van der Waals surface area contributed by atoms with E-state index in [1.807, 2.05) is 39.0 Å². The van der Waals surface area contributed by atoms with Crippen molar-refractivity contribution in [1.29, 1.82) is 0 Å². The molecule has 0 saturated heterocycles. The summed E-state index contributed by atoms with van der Waals surface area (Å²) >= 11 is 3.01. The number of Topliss-reactive ketones (excluding diaryl/α,β-unsaturated/α-hetero) is 1. The lowest BCUT2D eigenvalue weighted by Crippen LogP contribution is -2.15. The average molecular weight is 333 g/mol. The molecule has 1 atom stereocenters. The molecule has 22 heavy (non-hydrogen) atoms. The second kappa shape index (κ2) is 6.38. The minimum absolute atomic E-state index is 0.151. The second-order valence-electron chi connectivity index (χ2n) is 5.73. The molecule has 2 aromatic rings. The normalized spacial score (nSPS) is 15.6. The molecule has 1 aromatic heterocycles. The quantitative estimate of drug-likeness (QED) is 0.637. The number of nitrogens with zero attached hydrogens (tertiary/aromatic N) is 2. The van der Waals surface area contributed by atoms with Gasteiger partial charge < -0.3 is 5.32 Å². The highest BCUT2D eigenvalue weighted by Gasteiger charge is 2.24. The number of benzene rings is 1. The maximum atomic E-state index is 12.6. The molecular formula is C16H19N3OS2. The van der Waals surface area contributed by atoms with Gasteiger partial charge >= 0.3 is 0 Å². The summed E-state index contributed by atoms with van der Waals surface area (Å²) in [6.07, 6.45) is 2.42. The molecule has 1 heterocycles. The van der Waals surface area contributed by atoms with Crippen molar-refractivity contribution in [2.75, 3.05) is 5.32 Å². The van der Waals surface area contributed by atoms with Crippen LogP contribution in [0.5, 0.6) is 0 Å². The van der Waals surface area contributed by atoms with E-state index in [4.69, 9.17) is 0 Å². The number of aryl methyl sites for hydroxylation is 2. The van der Waals surface area contributed by atoms with E-state index in [-0.39, 0.29) is 11.0 Å². The first kappa shape index (κ1) is 15.5. The minimum atomic E-state index is -0.165. The second-order valence-corrected chi connectivity index (χ2v) is 8.30. The molecule has 116 valence electrons. The van der Waals surface area contributed by atoms with Gasteiger partial charge in [-0.1, -0.05) is 40.8 Å². The molecule has 0 bridgehead atoms. The standard InChI is InChI=1S/C16H19N3OS2/c1-9-4-5-10(2)13(8-9)14(20)11(3)21-16-19-18-15(22-16)17-12-6-7-12/h4-5,8,11-12H,6-7H2,1-3H3,(H,17,18)/t11-/m0/s1. The highest BCUT2D eigenvalue weighted by molar-refractivity contribution is 8.02. The summed E-state index contributed by atoms with van der Waals surface area (Å²) in [4.78, 5) is 12.6. The van der Waals surface area contributed by atoms with Gasteiger partial charge in [0, 0.05) is 11.6 Å². The van der Waals surface area contributed by atoms with Crippen LogP contribution in [0, 0.1) is 13.8 Å². The van der Waals surface area contributed by atoms with Crippen molar-refractivity contribution >= 4 is 34.0 Å². The van der Waals surface area contributed by atoms with Crippen LogP contribution in [0.2, 0.25) is 0 Å². The van der Waals surface area contributed by atoms with Gasteiger partial charge in [-0.3, -0.25) is 4.79 Å². The zero-order valence-corrected chi connectivity index (χ0v) is 14.6. The van der Waals surface area contributed by atoms with Gasteiger partial charge in [-0.2, -0.15) is 0 Å². The number of ketones is 1. The fraction of sp³-hybridized carbons (Fsp3) is 0.438. The van der Waals surface area contributed by atoms with Crippen LogP contribution >= 0.6 is 23.1 Å². The van der Waals surface area contributed by atoms with Crippen LogP contribution in [0.4, 0.5) is 5.13 Å². The zero-order chi connectivity index (χ0) is 15.7. The first-order valence-corrected chi connectivity index (χ1v) is 9.10. The van der Waals surface area contributed by atoms with E-state index in [0.717, 1.165) is 26.2 Å². The van der Waals surface area contributed by atoms with Crippen LogP contribution < -0.4 is 5.32 Å². The van der Waals surface area contributed by atoms with Crippen LogP contribution in [-0.4, -0.2) is 27.3 Å². The van der Waals surface area contributed by atoms with Gasteiger partial charge in [0.25, 0.3) is 0 Å². The summed E-state index contributed by atoms with van der Waals surface area (Å²) in [5, 5.41) is 12.3. The highest BCUT2D eigenvalue weighted by atomic mass is 32.2. The van der Waals surface area contributed by atoms with Crippen molar-refractivity contribution in [3.05, 3.63) is 34.9 Å². The van der Waals surface area contributed by atoms with Gasteiger partial charge in [0.1, 0.15) is 0 Å². The SMILES string of the molecule is Cc1ccc(C)c(C(=O)[C@H](C)Sc2nnc(NC3CC3)s2)c1. The smallest absolute Gasteiger partial charge is 0.206 e. The van der Waals surface area contributed by atoms with E-state index in [1.54, 1.807) is 0 Å². The third-order valence-corrected chi connectivity index (χ3v) is 5.66. The maximum absolute atomic E-state index is 12.6. The number of thioether (sulfide) groups is 1. The average Bonchev–Trinajstić information content (AvgIpc) is 3.19. The van der Waals surface area contributed by atoms with E-state index in [2.05, 4.69) is 15.5 Å². The molecule has 0 spiro atoms. The predicted molar refractivity (Wildman–Crippen MR) is 92.1 cm³/mol. The number of hydrogen-bond acceptors (Lipinski definition) is 6. The molecule has 1 aliphatic carbocycles. The molecule has 0 amide bonds. The van der Waals surface area contributed by atoms with Crippen molar-refractivity contribution in [3.63, 3.8) is 0 Å². The number of rotatable bonds is 6. The number of hydrogen-bond donors (Lipinski definition) is 1. The lowest BCUT2D eigenvalue weighted by molar-refractivity contribution is 0.0993. The minimum Gasteiger partial charge on any atom is -0.357 e. The number of carbonyl (C=O) groups excluding carboxylic acids is 1. The van der Waals surface area contributed by atoms with Gasteiger partial charge in [-0.15, -0.1) is 10.2 Å². The summed E-state index contributed by atoms with van der Waals surface area (Å²) in [6.45, 7) is 5.92. The topological polar surface area (TPSA) is 54.9 Å². The molecule has 1 aliphatic rings. The van der Waals surface area contributed by atoms with Crippen molar-refractivity contribution < 1.29 is 4.79 Å². The van der Waals surface area contributed by atoms with Crippen molar-refractivity contribution in [2.45, 2.75) is 49.2 Å². The van der Waals surface area contributed by atoms with Crippen molar-refractivity contribution in [1.82, 2.24) is 10.2 Å². The molecule has 1 N–H and O–H groups in total. The summed E-state index contributed by atoms with van der Waals surface area (Å²) in [6, 6.07) is 6.57. The fourth-order valence-electron chi connectivity index (χ4n) is 2.14. The van der Waals surface area contributed by atoms with Gasteiger partial charge in [0.05, 0.1) is 5.25 Å². The molecule has 4 nitrogen and oxygen atoms in total. The molecule has 6 heteroatoms. The zero-order valence-electron chi connectivity index (χ0n) is 12.9. The van der Waals surface area contributed by atoms with Crippen LogP contribution in [-0.2, 0) is 0 Å². The Morgan fingerprint density at radius 1 is 1.36 bits per heavy atom. The Balaban J connectivity index is 1.67. The van der Waals surface area contributed by atoms with E-state index >= 15 is 0 Å². The predicted octanol–water partition coefficient (Wildman–Crippen LogP) is 4.09. The molecule has 1 fully saturated rings. The first-order valence-electron chi connectivity index (χ1n) is 7.41. The molecule has 0 radical (unpaired) electrons. The number of carbonyl (C=O) groups is 1. The Hall–Kier alpha value is -1.40. The molecule has 0 aliphatic heterocycles. The van der Waals surface area contributed by atoms with E-state index < -0.39 is 0 Å². The lowest BCUT2D eigenvalue weighted by atomic mass is 10.0. The van der Waals surface area contributed by atoms with Crippen molar-refractivity contribution in [2.24, 2.45) is 0 Å². The number of aromatic nitrogens is 2. The summed E-state index contributed by atoms with van der Waals surface area (Å²) in [7, 11) is 0. The van der Waals surface area contributed by atoms with Crippen LogP contribution in [0.25, 0.3) is 0 Å². The third kappa shape index (κ3) is 3.67. The Labute approximate surface area is 138 Å². The Bertz CT molecular complexity index is 694. The van der Waals surface area contributed by atoms with Crippen molar-refractivity contribution in [3.8, 4) is 0 Å². The molecule has 0 unspecified atom stereocenters.